The van der Waals surface area contributed by atoms with E-state index in [2.05, 4.69) is 19.8 Å². The predicted molar refractivity (Wildman–Crippen MR) is 135 cm³/mol. The highest BCUT2D eigenvalue weighted by Crippen LogP contribution is 2.27. The quantitative estimate of drug-likeness (QED) is 0.396. The van der Waals surface area contributed by atoms with Gasteiger partial charge in [-0.3, -0.25) is 19.8 Å². The molecule has 0 radical (unpaired) electrons. The lowest BCUT2D eigenvalue weighted by Crippen LogP contribution is -2.45. The van der Waals surface area contributed by atoms with Gasteiger partial charge in [0.1, 0.15) is 11.5 Å². The van der Waals surface area contributed by atoms with Crippen molar-refractivity contribution in [3.63, 3.8) is 0 Å². The molecule has 0 spiro atoms. The topological polar surface area (TPSA) is 112 Å². The first-order valence-corrected chi connectivity index (χ1v) is 11.7. The Hall–Kier alpha value is -2.78. The fourth-order valence-corrected chi connectivity index (χ4v) is 4.23. The van der Waals surface area contributed by atoms with Crippen molar-refractivity contribution in [2.24, 2.45) is 9.98 Å². The van der Waals surface area contributed by atoms with Crippen LogP contribution in [-0.4, -0.2) is 95.1 Å². The van der Waals surface area contributed by atoms with Gasteiger partial charge < -0.3 is 20.4 Å². The van der Waals surface area contributed by atoms with E-state index in [1.807, 2.05) is 38.1 Å². The molecule has 0 unspecified atom stereocenters. The van der Waals surface area contributed by atoms with Crippen molar-refractivity contribution in [1.29, 1.82) is 0 Å². The standard InChI is InChI=1S/C26H36N4O4/c1-19-11-21(15-27-3-9-31)25(33)23(13-19)17-29-5-7-30(8-6-29)18-24-14-20(2)12-22(26(24)34)16-28-4-10-32/h11-16,31-34H,3-10,17-18H2,1-2H3. The second-order valence-corrected chi connectivity index (χ2v) is 8.79. The van der Waals surface area contributed by atoms with Crippen molar-refractivity contribution >= 4 is 12.4 Å². The zero-order chi connectivity index (χ0) is 24.5. The van der Waals surface area contributed by atoms with Gasteiger partial charge in [0.2, 0.25) is 0 Å². The molecule has 184 valence electrons. The van der Waals surface area contributed by atoms with E-state index >= 15 is 0 Å². The predicted octanol–water partition coefficient (Wildman–Crippen LogP) is 1.85. The maximum Gasteiger partial charge on any atom is 0.128 e. The minimum Gasteiger partial charge on any atom is -0.507 e. The molecule has 8 nitrogen and oxygen atoms in total. The molecule has 1 fully saturated rings. The van der Waals surface area contributed by atoms with Crippen LogP contribution >= 0.6 is 0 Å². The van der Waals surface area contributed by atoms with Gasteiger partial charge in [-0.25, -0.2) is 0 Å². The zero-order valence-corrected chi connectivity index (χ0v) is 20.1. The maximum atomic E-state index is 10.7. The molecule has 1 heterocycles. The van der Waals surface area contributed by atoms with Gasteiger partial charge in [-0.05, 0) is 37.1 Å². The van der Waals surface area contributed by atoms with Gasteiger partial charge in [-0.15, -0.1) is 0 Å². The lowest BCUT2D eigenvalue weighted by atomic mass is 10.0. The third-order valence-electron chi connectivity index (χ3n) is 5.90. The van der Waals surface area contributed by atoms with Crippen molar-refractivity contribution in [2.75, 3.05) is 52.5 Å². The highest BCUT2D eigenvalue weighted by atomic mass is 16.3. The first-order chi connectivity index (χ1) is 16.4. The van der Waals surface area contributed by atoms with Gasteiger partial charge in [0.05, 0.1) is 26.3 Å². The number of piperazine rings is 1. The van der Waals surface area contributed by atoms with Crippen LogP contribution in [0.4, 0.5) is 0 Å². The Morgan fingerprint density at radius 2 is 1.09 bits per heavy atom. The molecule has 34 heavy (non-hydrogen) atoms. The van der Waals surface area contributed by atoms with E-state index < -0.39 is 0 Å². The number of aryl methyl sites for hydroxylation is 2. The van der Waals surface area contributed by atoms with E-state index in [1.54, 1.807) is 12.4 Å². The first kappa shape index (κ1) is 25.8. The number of phenols is 2. The molecule has 0 bridgehead atoms. The summed E-state index contributed by atoms with van der Waals surface area (Å²) < 4.78 is 0. The molecule has 8 heteroatoms. The van der Waals surface area contributed by atoms with Crippen LogP contribution in [0.5, 0.6) is 11.5 Å². The minimum absolute atomic E-state index is 0.0147. The van der Waals surface area contributed by atoms with Gasteiger partial charge in [0, 0.05) is 74.0 Å². The number of aliphatic hydroxyl groups is 2. The Kier molecular flexibility index (Phi) is 9.59. The average molecular weight is 469 g/mol. The summed E-state index contributed by atoms with van der Waals surface area (Å²) >= 11 is 0. The van der Waals surface area contributed by atoms with Gasteiger partial charge in [0.25, 0.3) is 0 Å². The highest BCUT2D eigenvalue weighted by molar-refractivity contribution is 5.85. The lowest BCUT2D eigenvalue weighted by molar-refractivity contribution is 0.120. The number of phenolic OH excluding ortho intramolecular Hbond substituents is 2. The SMILES string of the molecule is Cc1cc(C=NCCO)c(O)c(CN2CCN(Cc3cc(C)cc(C=NCCO)c3O)CC2)c1. The van der Waals surface area contributed by atoms with Crippen molar-refractivity contribution < 1.29 is 20.4 Å². The maximum absolute atomic E-state index is 10.7. The number of rotatable bonds is 10. The molecule has 4 N–H and O–H groups in total. The fourth-order valence-electron chi connectivity index (χ4n) is 4.23. The van der Waals surface area contributed by atoms with E-state index in [9.17, 15) is 10.2 Å². The summed E-state index contributed by atoms with van der Waals surface area (Å²) in [6.45, 7) is 9.36. The fraction of sp³-hybridized carbons (Fsp3) is 0.462. The summed E-state index contributed by atoms with van der Waals surface area (Å²) in [5, 5.41) is 39.3. The van der Waals surface area contributed by atoms with Gasteiger partial charge >= 0.3 is 0 Å². The van der Waals surface area contributed by atoms with Crippen LogP contribution in [0.3, 0.4) is 0 Å². The lowest BCUT2D eigenvalue weighted by Gasteiger charge is -2.35. The molecule has 2 aromatic carbocycles. The summed E-state index contributed by atoms with van der Waals surface area (Å²) in [6, 6.07) is 7.81. The highest BCUT2D eigenvalue weighted by Gasteiger charge is 2.20. The Morgan fingerprint density at radius 1 is 0.706 bits per heavy atom. The summed E-state index contributed by atoms with van der Waals surface area (Å²) in [6.07, 6.45) is 3.24. The normalized spacial score (nSPS) is 15.6. The first-order valence-electron chi connectivity index (χ1n) is 11.7. The van der Waals surface area contributed by atoms with Crippen molar-refractivity contribution in [2.45, 2.75) is 26.9 Å². The summed E-state index contributed by atoms with van der Waals surface area (Å²) in [5.74, 6) is 0.490. The molecule has 2 aromatic rings. The van der Waals surface area contributed by atoms with Gasteiger partial charge in [-0.1, -0.05) is 12.1 Å². The second-order valence-electron chi connectivity index (χ2n) is 8.79. The smallest absolute Gasteiger partial charge is 0.128 e. The molecule has 0 amide bonds. The number of aromatic hydroxyl groups is 2. The molecule has 0 aromatic heterocycles. The van der Waals surface area contributed by atoms with E-state index in [0.717, 1.165) is 48.4 Å². The molecule has 1 aliphatic rings. The number of nitrogens with zero attached hydrogens (tertiary/aromatic N) is 4. The Balaban J connectivity index is 1.61. The van der Waals surface area contributed by atoms with E-state index in [0.29, 0.717) is 37.3 Å². The Labute approximate surface area is 201 Å². The molecule has 0 saturated carbocycles. The van der Waals surface area contributed by atoms with Crippen molar-refractivity contribution in [1.82, 2.24) is 9.80 Å². The molecule has 1 saturated heterocycles. The van der Waals surface area contributed by atoms with Crippen LogP contribution in [0.1, 0.15) is 33.4 Å². The zero-order valence-electron chi connectivity index (χ0n) is 20.1. The van der Waals surface area contributed by atoms with Crippen LogP contribution in [0, 0.1) is 13.8 Å². The van der Waals surface area contributed by atoms with Gasteiger partial charge in [-0.2, -0.15) is 0 Å². The molecule has 0 atom stereocenters. The van der Waals surface area contributed by atoms with Crippen LogP contribution < -0.4 is 0 Å². The van der Waals surface area contributed by atoms with Crippen LogP contribution in [0.25, 0.3) is 0 Å². The molecule has 3 rings (SSSR count). The third-order valence-corrected chi connectivity index (χ3v) is 5.90. The third kappa shape index (κ3) is 7.11. The average Bonchev–Trinajstić information content (AvgIpc) is 2.81. The Bertz CT molecular complexity index is 933. The monoisotopic (exact) mass is 468 g/mol. The van der Waals surface area contributed by atoms with E-state index in [-0.39, 0.29) is 24.7 Å². The minimum atomic E-state index is -0.0147. The molecular weight excluding hydrogens is 432 g/mol. The summed E-state index contributed by atoms with van der Waals surface area (Å²) in [5.41, 5.74) is 5.23. The van der Waals surface area contributed by atoms with Gasteiger partial charge in [0.15, 0.2) is 0 Å². The summed E-state index contributed by atoms with van der Waals surface area (Å²) in [7, 11) is 0. The second kappa shape index (κ2) is 12.6. The largest absolute Gasteiger partial charge is 0.507 e. The molecule has 0 aliphatic carbocycles. The van der Waals surface area contributed by atoms with Crippen molar-refractivity contribution in [3.8, 4) is 11.5 Å². The van der Waals surface area contributed by atoms with E-state index in [1.165, 1.54) is 0 Å². The molecule has 1 aliphatic heterocycles. The number of hydrogen-bond acceptors (Lipinski definition) is 8. The van der Waals surface area contributed by atoms with Crippen LogP contribution in [0.2, 0.25) is 0 Å². The van der Waals surface area contributed by atoms with Crippen LogP contribution in [-0.2, 0) is 13.1 Å². The number of benzene rings is 2. The van der Waals surface area contributed by atoms with Crippen molar-refractivity contribution in [3.05, 3.63) is 57.6 Å². The molecular formula is C26H36N4O4. The number of aliphatic hydroxyl groups excluding tert-OH is 2. The number of hydrogen-bond donors (Lipinski definition) is 4. The Morgan fingerprint density at radius 3 is 1.44 bits per heavy atom. The van der Waals surface area contributed by atoms with E-state index in [4.69, 9.17) is 10.2 Å². The number of aliphatic imine (C=N–C) groups is 2. The summed E-state index contributed by atoms with van der Waals surface area (Å²) in [4.78, 5) is 12.9. The van der Waals surface area contributed by atoms with Crippen LogP contribution in [0.15, 0.2) is 34.3 Å².